The standard InChI is InChI=1S/C17H13N3.C5H12.CH4/c1-12-6-8-13(9-7-12)15-10-11-18-17-19-14-4-2-3-5-16(14)20(15)17;1-3-5-4-2;/h2-11H,1H3;3-5H2,1-2H3;1H4. The van der Waals surface area contributed by atoms with Crippen LogP contribution in [0.2, 0.25) is 0 Å². The smallest absolute Gasteiger partial charge is 0.235 e. The molecule has 0 saturated heterocycles. The van der Waals surface area contributed by atoms with E-state index in [0.29, 0.717) is 0 Å². The first-order valence-electron chi connectivity index (χ1n) is 9.03. The van der Waals surface area contributed by atoms with Crippen LogP contribution in [0.1, 0.15) is 46.1 Å². The molecule has 2 aromatic heterocycles. The van der Waals surface area contributed by atoms with Crippen LogP contribution in [0.5, 0.6) is 0 Å². The summed E-state index contributed by atoms with van der Waals surface area (Å²) in [6, 6.07) is 18.7. The van der Waals surface area contributed by atoms with Gasteiger partial charge in [0.1, 0.15) is 0 Å². The number of hydrogen-bond donors (Lipinski definition) is 0. The van der Waals surface area contributed by atoms with Gasteiger partial charge in [-0.25, -0.2) is 9.97 Å². The van der Waals surface area contributed by atoms with Crippen molar-refractivity contribution in [1.29, 1.82) is 0 Å². The Kier molecular flexibility index (Phi) is 6.90. The van der Waals surface area contributed by atoms with E-state index in [1.807, 2.05) is 30.5 Å². The molecule has 136 valence electrons. The van der Waals surface area contributed by atoms with Gasteiger partial charge in [-0.3, -0.25) is 4.40 Å². The highest BCUT2D eigenvalue weighted by molar-refractivity contribution is 5.82. The van der Waals surface area contributed by atoms with Crippen molar-refractivity contribution in [2.45, 2.75) is 47.5 Å². The molecule has 2 heterocycles. The van der Waals surface area contributed by atoms with Crippen LogP contribution in [0.15, 0.2) is 60.8 Å². The zero-order chi connectivity index (χ0) is 17.6. The third kappa shape index (κ3) is 4.10. The number of rotatable bonds is 3. The van der Waals surface area contributed by atoms with E-state index >= 15 is 0 Å². The molecule has 0 unspecified atom stereocenters. The lowest BCUT2D eigenvalue weighted by Gasteiger charge is -2.06. The first-order chi connectivity index (χ1) is 12.2. The Hall–Kier alpha value is -2.68. The Morgan fingerprint density at radius 3 is 2.23 bits per heavy atom. The van der Waals surface area contributed by atoms with Crippen LogP contribution in [0.3, 0.4) is 0 Å². The highest BCUT2D eigenvalue weighted by Gasteiger charge is 2.09. The number of hydrogen-bond acceptors (Lipinski definition) is 2. The fraction of sp³-hybridized carbons (Fsp3) is 0.304. The minimum absolute atomic E-state index is 0. The predicted octanol–water partition coefficient (Wildman–Crippen LogP) is 6.69. The minimum atomic E-state index is 0. The quantitative estimate of drug-likeness (QED) is 0.413. The van der Waals surface area contributed by atoms with Gasteiger partial charge in [0.15, 0.2) is 0 Å². The lowest BCUT2D eigenvalue weighted by Crippen LogP contribution is -1.94. The molecule has 0 N–H and O–H groups in total. The number of fused-ring (bicyclic) bond motifs is 3. The first kappa shape index (κ1) is 19.6. The van der Waals surface area contributed by atoms with Crippen molar-refractivity contribution in [3.8, 4) is 11.3 Å². The van der Waals surface area contributed by atoms with E-state index in [9.17, 15) is 0 Å². The van der Waals surface area contributed by atoms with E-state index < -0.39 is 0 Å². The van der Waals surface area contributed by atoms with Crippen LogP contribution < -0.4 is 0 Å². The van der Waals surface area contributed by atoms with Gasteiger partial charge in [0.05, 0.1) is 16.7 Å². The van der Waals surface area contributed by atoms with Crippen molar-refractivity contribution in [2.75, 3.05) is 0 Å². The normalized spacial score (nSPS) is 10.3. The SMILES string of the molecule is C.CCCCC.Cc1ccc(-c2ccnc3nc4ccccc4n23)cc1. The monoisotopic (exact) mass is 347 g/mol. The fourth-order valence-electron chi connectivity index (χ4n) is 2.89. The van der Waals surface area contributed by atoms with Gasteiger partial charge >= 0.3 is 0 Å². The van der Waals surface area contributed by atoms with E-state index in [4.69, 9.17) is 0 Å². The number of para-hydroxylation sites is 2. The number of nitrogens with zero attached hydrogens (tertiary/aromatic N) is 3. The summed E-state index contributed by atoms with van der Waals surface area (Å²) in [6.45, 7) is 6.52. The van der Waals surface area contributed by atoms with Gasteiger partial charge in [0.25, 0.3) is 0 Å². The summed E-state index contributed by atoms with van der Waals surface area (Å²) in [5.41, 5.74) is 5.61. The summed E-state index contributed by atoms with van der Waals surface area (Å²) in [6.07, 6.45) is 5.89. The number of aryl methyl sites for hydroxylation is 1. The van der Waals surface area contributed by atoms with Crippen LogP contribution in [-0.2, 0) is 0 Å². The number of unbranched alkanes of at least 4 members (excludes halogenated alkanes) is 2. The molecule has 3 nitrogen and oxygen atoms in total. The second kappa shape index (κ2) is 9.14. The van der Waals surface area contributed by atoms with E-state index in [0.717, 1.165) is 22.5 Å². The van der Waals surface area contributed by atoms with E-state index in [1.54, 1.807) is 0 Å². The summed E-state index contributed by atoms with van der Waals surface area (Å²) in [5.74, 6) is 0.740. The topological polar surface area (TPSA) is 30.2 Å². The van der Waals surface area contributed by atoms with Crippen molar-refractivity contribution in [3.63, 3.8) is 0 Å². The maximum atomic E-state index is 4.57. The van der Waals surface area contributed by atoms with Gasteiger partial charge in [0, 0.05) is 6.20 Å². The van der Waals surface area contributed by atoms with Crippen molar-refractivity contribution < 1.29 is 0 Å². The number of benzene rings is 2. The van der Waals surface area contributed by atoms with Gasteiger partial charge in [0.2, 0.25) is 5.78 Å². The third-order valence-electron chi connectivity index (χ3n) is 4.26. The van der Waals surface area contributed by atoms with Crippen molar-refractivity contribution in [1.82, 2.24) is 14.4 Å². The molecule has 0 radical (unpaired) electrons. The molecule has 0 saturated carbocycles. The zero-order valence-electron chi connectivity index (χ0n) is 15.2. The lowest BCUT2D eigenvalue weighted by atomic mass is 10.1. The Morgan fingerprint density at radius 1 is 0.885 bits per heavy atom. The summed E-state index contributed by atoms with van der Waals surface area (Å²) in [5, 5.41) is 0. The first-order valence-corrected chi connectivity index (χ1v) is 9.03. The van der Waals surface area contributed by atoms with Gasteiger partial charge < -0.3 is 0 Å². The maximum Gasteiger partial charge on any atom is 0.235 e. The Bertz CT molecular complexity index is 950. The molecule has 4 rings (SSSR count). The molecule has 26 heavy (non-hydrogen) atoms. The fourth-order valence-corrected chi connectivity index (χ4v) is 2.89. The third-order valence-corrected chi connectivity index (χ3v) is 4.26. The molecule has 2 aromatic carbocycles. The second-order valence-electron chi connectivity index (χ2n) is 6.29. The molecule has 4 aromatic rings. The van der Waals surface area contributed by atoms with Crippen molar-refractivity contribution in [3.05, 3.63) is 66.4 Å². The second-order valence-corrected chi connectivity index (χ2v) is 6.29. The molecule has 0 atom stereocenters. The summed E-state index contributed by atoms with van der Waals surface area (Å²) in [7, 11) is 0. The molecule has 0 aliphatic carbocycles. The largest absolute Gasteiger partial charge is 0.276 e. The number of aromatic nitrogens is 3. The molecule has 0 spiro atoms. The average Bonchev–Trinajstić information content (AvgIpc) is 3.02. The molecule has 0 bridgehead atoms. The Morgan fingerprint density at radius 2 is 1.58 bits per heavy atom. The van der Waals surface area contributed by atoms with E-state index in [2.05, 4.69) is 65.5 Å². The van der Waals surface area contributed by atoms with Gasteiger partial charge in [-0.2, -0.15) is 0 Å². The average molecular weight is 348 g/mol. The number of imidazole rings is 1. The highest BCUT2D eigenvalue weighted by atomic mass is 15.1. The van der Waals surface area contributed by atoms with Gasteiger partial charge in [-0.05, 0) is 30.7 Å². The van der Waals surface area contributed by atoms with Crippen LogP contribution in [0.4, 0.5) is 0 Å². The van der Waals surface area contributed by atoms with Crippen LogP contribution >= 0.6 is 0 Å². The Balaban J connectivity index is 0.000000362. The van der Waals surface area contributed by atoms with Crippen molar-refractivity contribution in [2.24, 2.45) is 0 Å². The minimum Gasteiger partial charge on any atom is -0.276 e. The van der Waals surface area contributed by atoms with E-state index in [1.165, 1.54) is 30.4 Å². The molecular formula is C23H29N3. The van der Waals surface area contributed by atoms with E-state index in [-0.39, 0.29) is 7.43 Å². The summed E-state index contributed by atoms with van der Waals surface area (Å²) >= 11 is 0. The molecular weight excluding hydrogens is 318 g/mol. The van der Waals surface area contributed by atoms with Gasteiger partial charge in [-0.15, -0.1) is 0 Å². The maximum absolute atomic E-state index is 4.57. The zero-order valence-corrected chi connectivity index (χ0v) is 15.2. The van der Waals surface area contributed by atoms with Gasteiger partial charge in [-0.1, -0.05) is 82.5 Å². The lowest BCUT2D eigenvalue weighted by molar-refractivity contribution is 0.772. The molecule has 0 fully saturated rings. The molecule has 0 amide bonds. The van der Waals surface area contributed by atoms with Crippen LogP contribution in [0.25, 0.3) is 28.1 Å². The van der Waals surface area contributed by atoms with Crippen molar-refractivity contribution >= 4 is 16.8 Å². The molecule has 0 aliphatic heterocycles. The summed E-state index contributed by atoms with van der Waals surface area (Å²) in [4.78, 5) is 8.94. The summed E-state index contributed by atoms with van der Waals surface area (Å²) < 4.78 is 2.11. The van der Waals surface area contributed by atoms with Crippen LogP contribution in [-0.4, -0.2) is 14.4 Å². The highest BCUT2D eigenvalue weighted by Crippen LogP contribution is 2.24. The molecule has 0 aliphatic rings. The molecule has 3 heteroatoms. The Labute approximate surface area is 156 Å². The predicted molar refractivity (Wildman–Crippen MR) is 113 cm³/mol. The van der Waals surface area contributed by atoms with Crippen LogP contribution in [0, 0.1) is 6.92 Å².